The predicted molar refractivity (Wildman–Crippen MR) is 71.6 cm³/mol. The largest absolute Gasteiger partial charge is 0.332 e. The molecule has 1 atom stereocenters. The van der Waals surface area contributed by atoms with E-state index in [0.29, 0.717) is 10.6 Å². The molecule has 0 fully saturated rings. The maximum atomic E-state index is 12.0. The number of hydrogen-bond acceptors (Lipinski definition) is 3. The maximum Gasteiger partial charge on any atom is 0.254 e. The van der Waals surface area contributed by atoms with E-state index in [0.717, 1.165) is 4.88 Å². The smallest absolute Gasteiger partial charge is 0.254 e. The second-order valence-electron chi connectivity index (χ2n) is 3.53. The first kappa shape index (κ1) is 12.6. The van der Waals surface area contributed by atoms with Crippen LogP contribution in [-0.4, -0.2) is 5.91 Å². The van der Waals surface area contributed by atoms with Crippen molar-refractivity contribution < 1.29 is 4.79 Å². The molecule has 1 aromatic heterocycles. The van der Waals surface area contributed by atoms with Gasteiger partial charge in [0.1, 0.15) is 0 Å². The maximum absolute atomic E-state index is 12.0. The quantitative estimate of drug-likeness (QED) is 0.934. The third-order valence-corrected chi connectivity index (χ3v) is 3.62. The summed E-state index contributed by atoms with van der Waals surface area (Å²) in [5.41, 5.74) is 0.371. The number of amides is 1. The Balaban J connectivity index is 2.17. The number of carbonyl (C=O) groups excluding carboxylic acids is 1. The van der Waals surface area contributed by atoms with E-state index in [1.807, 2.05) is 17.5 Å². The van der Waals surface area contributed by atoms with E-state index >= 15 is 0 Å². The molecule has 1 aromatic carbocycles. The van der Waals surface area contributed by atoms with Crippen molar-refractivity contribution in [3.05, 3.63) is 57.2 Å². The SMILES string of the molecule is N#CC(NC(=O)c1ccccc1Cl)c1cccs1. The number of rotatable bonds is 3. The molecule has 1 N–H and O–H groups in total. The Labute approximate surface area is 114 Å². The minimum atomic E-state index is -0.645. The van der Waals surface area contributed by atoms with E-state index < -0.39 is 6.04 Å². The van der Waals surface area contributed by atoms with Crippen LogP contribution in [0.5, 0.6) is 0 Å². The van der Waals surface area contributed by atoms with Gasteiger partial charge in [-0.25, -0.2) is 0 Å². The second kappa shape index (κ2) is 5.67. The molecule has 0 spiro atoms. The Morgan fingerprint density at radius 3 is 2.72 bits per heavy atom. The fourth-order valence-electron chi connectivity index (χ4n) is 1.48. The highest BCUT2D eigenvalue weighted by Crippen LogP contribution is 2.20. The van der Waals surface area contributed by atoms with Gasteiger partial charge in [0.25, 0.3) is 5.91 Å². The molecule has 0 bridgehead atoms. The molecule has 5 heteroatoms. The average molecular weight is 277 g/mol. The fraction of sp³-hybridized carbons (Fsp3) is 0.0769. The van der Waals surface area contributed by atoms with E-state index in [4.69, 9.17) is 16.9 Å². The third kappa shape index (κ3) is 2.70. The molecular weight excluding hydrogens is 268 g/mol. The lowest BCUT2D eigenvalue weighted by molar-refractivity contribution is 0.0946. The van der Waals surface area contributed by atoms with Crippen LogP contribution in [0.15, 0.2) is 41.8 Å². The van der Waals surface area contributed by atoms with Gasteiger partial charge in [0, 0.05) is 4.88 Å². The number of hydrogen-bond donors (Lipinski definition) is 1. The molecule has 0 aliphatic rings. The van der Waals surface area contributed by atoms with Crippen molar-refractivity contribution >= 4 is 28.8 Å². The van der Waals surface area contributed by atoms with E-state index in [-0.39, 0.29) is 5.91 Å². The van der Waals surface area contributed by atoms with Gasteiger partial charge in [0.05, 0.1) is 16.7 Å². The van der Waals surface area contributed by atoms with Crippen molar-refractivity contribution in [2.45, 2.75) is 6.04 Å². The van der Waals surface area contributed by atoms with Crippen LogP contribution in [0.2, 0.25) is 5.02 Å². The van der Waals surface area contributed by atoms with Crippen molar-refractivity contribution in [1.29, 1.82) is 5.26 Å². The van der Waals surface area contributed by atoms with Crippen LogP contribution >= 0.6 is 22.9 Å². The van der Waals surface area contributed by atoms with Crippen LogP contribution in [0, 0.1) is 11.3 Å². The summed E-state index contributed by atoms with van der Waals surface area (Å²) in [5.74, 6) is -0.347. The van der Waals surface area contributed by atoms with Gasteiger partial charge < -0.3 is 5.32 Å². The molecule has 0 saturated carbocycles. The summed E-state index contributed by atoms with van der Waals surface area (Å²) in [4.78, 5) is 12.8. The highest BCUT2D eigenvalue weighted by Gasteiger charge is 2.17. The predicted octanol–water partition coefficient (Wildman–Crippen LogP) is 3.40. The van der Waals surface area contributed by atoms with Crippen LogP contribution in [0.25, 0.3) is 0 Å². The minimum Gasteiger partial charge on any atom is -0.332 e. The first-order valence-electron chi connectivity index (χ1n) is 5.21. The molecule has 0 aliphatic heterocycles. The second-order valence-corrected chi connectivity index (χ2v) is 4.92. The lowest BCUT2D eigenvalue weighted by Crippen LogP contribution is -2.27. The minimum absolute atomic E-state index is 0.347. The molecule has 3 nitrogen and oxygen atoms in total. The molecule has 2 rings (SSSR count). The van der Waals surface area contributed by atoms with E-state index in [2.05, 4.69) is 11.4 Å². The van der Waals surface area contributed by atoms with Crippen molar-refractivity contribution in [2.75, 3.05) is 0 Å². The summed E-state index contributed by atoms with van der Waals surface area (Å²) in [7, 11) is 0. The number of thiophene rings is 1. The highest BCUT2D eigenvalue weighted by atomic mass is 35.5. The fourth-order valence-corrected chi connectivity index (χ4v) is 2.42. The molecule has 2 aromatic rings. The van der Waals surface area contributed by atoms with Crippen molar-refractivity contribution in [2.24, 2.45) is 0 Å². The van der Waals surface area contributed by atoms with Gasteiger partial charge in [-0.3, -0.25) is 4.79 Å². The van der Waals surface area contributed by atoms with Gasteiger partial charge in [0.15, 0.2) is 6.04 Å². The summed E-state index contributed by atoms with van der Waals surface area (Å²) < 4.78 is 0. The molecule has 0 saturated heterocycles. The van der Waals surface area contributed by atoms with Gasteiger partial charge in [0.2, 0.25) is 0 Å². The normalized spacial score (nSPS) is 11.6. The number of nitriles is 1. The number of nitrogens with one attached hydrogen (secondary N) is 1. The monoisotopic (exact) mass is 276 g/mol. The van der Waals surface area contributed by atoms with E-state index in [9.17, 15) is 4.79 Å². The Kier molecular flexibility index (Phi) is 3.98. The zero-order valence-electron chi connectivity index (χ0n) is 9.26. The standard InChI is InChI=1S/C13H9ClN2OS/c14-10-5-2-1-4-9(10)13(17)16-11(8-15)12-6-3-7-18-12/h1-7,11H,(H,16,17). The molecule has 1 amide bonds. The van der Waals surface area contributed by atoms with Crippen molar-refractivity contribution in [3.8, 4) is 6.07 Å². The summed E-state index contributed by atoms with van der Waals surface area (Å²) in [5, 5.41) is 14.0. The summed E-state index contributed by atoms with van der Waals surface area (Å²) in [6, 6.07) is 11.8. The van der Waals surface area contributed by atoms with Crippen LogP contribution < -0.4 is 5.32 Å². The Morgan fingerprint density at radius 1 is 1.33 bits per heavy atom. The molecule has 0 radical (unpaired) electrons. The summed E-state index contributed by atoms with van der Waals surface area (Å²) in [6.45, 7) is 0. The lowest BCUT2D eigenvalue weighted by atomic mass is 10.2. The number of benzene rings is 1. The van der Waals surface area contributed by atoms with Gasteiger partial charge in [-0.15, -0.1) is 11.3 Å². The first-order valence-corrected chi connectivity index (χ1v) is 6.46. The molecule has 0 aliphatic carbocycles. The van der Waals surface area contributed by atoms with Gasteiger partial charge >= 0.3 is 0 Å². The topological polar surface area (TPSA) is 52.9 Å². The zero-order chi connectivity index (χ0) is 13.0. The number of halogens is 1. The summed E-state index contributed by atoms with van der Waals surface area (Å²) >= 11 is 7.36. The van der Waals surface area contributed by atoms with Crippen LogP contribution in [0.1, 0.15) is 21.3 Å². The highest BCUT2D eigenvalue weighted by molar-refractivity contribution is 7.10. The molecular formula is C13H9ClN2OS. The Bertz CT molecular complexity index is 589. The van der Waals surface area contributed by atoms with E-state index in [1.165, 1.54) is 11.3 Å². The van der Waals surface area contributed by atoms with Crippen molar-refractivity contribution in [1.82, 2.24) is 5.32 Å². The van der Waals surface area contributed by atoms with Gasteiger partial charge in [-0.05, 0) is 23.6 Å². The first-order chi connectivity index (χ1) is 8.72. The Hall–Kier alpha value is -1.83. The summed E-state index contributed by atoms with van der Waals surface area (Å²) in [6.07, 6.45) is 0. The molecule has 18 heavy (non-hydrogen) atoms. The molecule has 1 heterocycles. The van der Waals surface area contributed by atoms with E-state index in [1.54, 1.807) is 24.3 Å². The van der Waals surface area contributed by atoms with Crippen molar-refractivity contribution in [3.63, 3.8) is 0 Å². The number of nitrogens with zero attached hydrogens (tertiary/aromatic N) is 1. The molecule has 1 unspecified atom stereocenters. The zero-order valence-corrected chi connectivity index (χ0v) is 10.8. The third-order valence-electron chi connectivity index (χ3n) is 2.35. The van der Waals surface area contributed by atoms with Gasteiger partial charge in [-0.2, -0.15) is 5.26 Å². The number of carbonyl (C=O) groups is 1. The van der Waals surface area contributed by atoms with Crippen LogP contribution in [0.4, 0.5) is 0 Å². The lowest BCUT2D eigenvalue weighted by Gasteiger charge is -2.10. The molecule has 90 valence electrons. The Morgan fingerprint density at radius 2 is 2.11 bits per heavy atom. The van der Waals surface area contributed by atoms with Crippen LogP contribution in [0.3, 0.4) is 0 Å². The van der Waals surface area contributed by atoms with Gasteiger partial charge in [-0.1, -0.05) is 29.8 Å². The average Bonchev–Trinajstić information content (AvgIpc) is 2.90. The van der Waals surface area contributed by atoms with Crippen LogP contribution in [-0.2, 0) is 0 Å².